The van der Waals surface area contributed by atoms with Crippen molar-refractivity contribution in [3.8, 4) is 34.1 Å². The predicted molar refractivity (Wildman–Crippen MR) is 183 cm³/mol. The molecule has 1 saturated heterocycles. The average Bonchev–Trinajstić information content (AvgIpc) is 3.61. The van der Waals surface area contributed by atoms with Crippen LogP contribution >= 0.6 is 0 Å². The maximum absolute atomic E-state index is 7.46. The zero-order valence-electron chi connectivity index (χ0n) is 26.8. The second kappa shape index (κ2) is 10.8. The first-order valence-electron chi connectivity index (χ1n) is 15.7. The number of rotatable bonds is 6. The third-order valence-electron chi connectivity index (χ3n) is 10.0. The van der Waals surface area contributed by atoms with E-state index in [1.165, 1.54) is 22.3 Å². The molecule has 1 fully saturated rings. The van der Waals surface area contributed by atoms with Crippen LogP contribution in [-0.4, -0.2) is 48.6 Å². The fourth-order valence-electron chi connectivity index (χ4n) is 7.62. The van der Waals surface area contributed by atoms with Crippen LogP contribution in [0.3, 0.4) is 0 Å². The third-order valence-corrected chi connectivity index (χ3v) is 10.0. The molecule has 0 bridgehead atoms. The van der Waals surface area contributed by atoms with E-state index >= 15 is 0 Å². The van der Waals surface area contributed by atoms with Gasteiger partial charge in [0.25, 0.3) is 0 Å². The molecule has 3 unspecified atom stereocenters. The molecule has 6 nitrogen and oxygen atoms in total. The smallest absolute Gasteiger partial charge is 0.178 e. The van der Waals surface area contributed by atoms with Gasteiger partial charge in [0.2, 0.25) is 0 Å². The van der Waals surface area contributed by atoms with Crippen molar-refractivity contribution in [2.24, 2.45) is 0 Å². The quantitative estimate of drug-likeness (QED) is 0.193. The van der Waals surface area contributed by atoms with Gasteiger partial charge in [-0.2, -0.15) is 0 Å². The van der Waals surface area contributed by atoms with E-state index in [1.54, 1.807) is 21.3 Å². The Hall–Kier alpha value is -4.94. The molecule has 2 heterocycles. The van der Waals surface area contributed by atoms with Crippen LogP contribution in [0, 0.1) is 0 Å². The van der Waals surface area contributed by atoms with E-state index < -0.39 is 5.60 Å². The molecule has 0 aromatic heterocycles. The van der Waals surface area contributed by atoms with E-state index in [-0.39, 0.29) is 11.8 Å². The van der Waals surface area contributed by atoms with Crippen molar-refractivity contribution in [1.82, 2.24) is 0 Å². The molecule has 0 spiro atoms. The molecular formula is C40H37NO5. The topological polar surface area (TPSA) is 49.4 Å². The molecule has 46 heavy (non-hydrogen) atoms. The number of hydrogen-bond donors (Lipinski definition) is 0. The lowest BCUT2D eigenvalue weighted by Gasteiger charge is -2.40. The van der Waals surface area contributed by atoms with E-state index in [2.05, 4.69) is 97.9 Å². The molecule has 0 N–H and O–H groups in total. The largest absolute Gasteiger partial charge is 0.497 e. The van der Waals surface area contributed by atoms with Gasteiger partial charge in [-0.15, -0.1) is 0 Å². The van der Waals surface area contributed by atoms with Gasteiger partial charge in [-0.1, -0.05) is 36.4 Å². The number of fused-ring (bicyclic) bond motifs is 11. The van der Waals surface area contributed by atoms with Gasteiger partial charge in [-0.25, -0.2) is 0 Å². The van der Waals surface area contributed by atoms with Gasteiger partial charge in [-0.05, 0) is 88.3 Å². The first-order chi connectivity index (χ1) is 22.5. The Morgan fingerprint density at radius 2 is 1.33 bits per heavy atom. The molecule has 0 saturated carbocycles. The zero-order chi connectivity index (χ0) is 31.6. The van der Waals surface area contributed by atoms with Crippen LogP contribution in [0.2, 0.25) is 0 Å². The Balaban J connectivity index is 1.42. The van der Waals surface area contributed by atoms with Crippen molar-refractivity contribution in [3.63, 3.8) is 0 Å². The van der Waals surface area contributed by atoms with Crippen LogP contribution in [0.15, 0.2) is 91.0 Å². The highest BCUT2D eigenvalue weighted by Crippen LogP contribution is 2.58. The van der Waals surface area contributed by atoms with Crippen molar-refractivity contribution in [3.05, 3.63) is 119 Å². The van der Waals surface area contributed by atoms with Crippen molar-refractivity contribution in [1.29, 1.82) is 0 Å². The average molecular weight is 612 g/mol. The van der Waals surface area contributed by atoms with Gasteiger partial charge < -0.3 is 28.6 Å². The van der Waals surface area contributed by atoms with Crippen LogP contribution < -0.4 is 23.8 Å². The maximum atomic E-state index is 7.46. The molecule has 3 atom stereocenters. The highest BCUT2D eigenvalue weighted by Gasteiger charge is 2.44. The maximum Gasteiger partial charge on any atom is 0.178 e. The Kier molecular flexibility index (Phi) is 6.73. The van der Waals surface area contributed by atoms with E-state index in [0.29, 0.717) is 13.2 Å². The Labute approximate surface area is 269 Å². The van der Waals surface area contributed by atoms with Gasteiger partial charge >= 0.3 is 0 Å². The number of ether oxygens (including phenoxy) is 5. The molecule has 8 rings (SSSR count). The lowest BCUT2D eigenvalue weighted by Crippen LogP contribution is -2.35. The summed E-state index contributed by atoms with van der Waals surface area (Å²) in [5.74, 6) is 3.73. The second-order valence-electron chi connectivity index (χ2n) is 12.5. The molecule has 3 aliphatic rings. The standard InChI is InChI=1S/C40H37NO5/c1-41(2)26-10-6-24(7-11-26)40(25-8-12-27(42-3)13-9-25)19-18-32-38-36-23-45-22-35(36)33-20-28(43-4)14-16-30(33)37(38)31-17-15-29(44-5)21-34(31)39(32)46-40/h6-21,35-36H,22-23H2,1-5H3. The minimum absolute atomic E-state index is 0.191. The normalized spacial score (nSPS) is 20.6. The fraction of sp³-hybridized carbons (Fsp3) is 0.250. The summed E-state index contributed by atoms with van der Waals surface area (Å²) < 4.78 is 30.6. The molecule has 5 aromatic rings. The van der Waals surface area contributed by atoms with Gasteiger partial charge in [0, 0.05) is 53.7 Å². The van der Waals surface area contributed by atoms with Crippen molar-refractivity contribution < 1.29 is 23.7 Å². The zero-order valence-corrected chi connectivity index (χ0v) is 26.8. The number of hydrogen-bond acceptors (Lipinski definition) is 6. The van der Waals surface area contributed by atoms with Crippen molar-refractivity contribution in [2.45, 2.75) is 17.4 Å². The number of methoxy groups -OCH3 is 3. The highest BCUT2D eigenvalue weighted by atomic mass is 16.5. The van der Waals surface area contributed by atoms with E-state index in [4.69, 9.17) is 23.7 Å². The molecule has 2 aliphatic heterocycles. The Morgan fingerprint density at radius 3 is 2.02 bits per heavy atom. The fourth-order valence-corrected chi connectivity index (χ4v) is 7.62. The first kappa shape index (κ1) is 28.5. The van der Waals surface area contributed by atoms with Crippen molar-refractivity contribution in [2.75, 3.05) is 53.5 Å². The second-order valence-corrected chi connectivity index (χ2v) is 12.5. The summed E-state index contributed by atoms with van der Waals surface area (Å²) in [7, 11) is 9.24. The van der Waals surface area contributed by atoms with Crippen molar-refractivity contribution >= 4 is 22.5 Å². The molecule has 0 radical (unpaired) electrons. The number of benzene rings is 5. The first-order valence-corrected chi connectivity index (χ1v) is 15.7. The minimum Gasteiger partial charge on any atom is -0.497 e. The monoisotopic (exact) mass is 611 g/mol. The van der Waals surface area contributed by atoms with Gasteiger partial charge in [-0.3, -0.25) is 0 Å². The molecular weight excluding hydrogens is 574 g/mol. The molecule has 0 amide bonds. The lowest BCUT2D eigenvalue weighted by atomic mass is 9.69. The Bertz CT molecular complexity index is 2000. The molecule has 6 heteroatoms. The minimum atomic E-state index is -0.875. The van der Waals surface area contributed by atoms with Gasteiger partial charge in [0.05, 0.1) is 34.5 Å². The van der Waals surface area contributed by atoms with Crippen LogP contribution in [0.4, 0.5) is 5.69 Å². The summed E-state index contributed by atoms with van der Waals surface area (Å²) >= 11 is 0. The van der Waals surface area contributed by atoms with Gasteiger partial charge in [0.1, 0.15) is 23.0 Å². The highest BCUT2D eigenvalue weighted by molar-refractivity contribution is 6.07. The summed E-state index contributed by atoms with van der Waals surface area (Å²) in [5.41, 5.74) is 8.43. The molecule has 232 valence electrons. The summed E-state index contributed by atoms with van der Waals surface area (Å²) in [6.45, 7) is 1.34. The van der Waals surface area contributed by atoms with Crippen LogP contribution in [0.5, 0.6) is 23.0 Å². The SMILES string of the molecule is COc1ccc(C2(c3ccc(N(C)C)cc3)C=Cc3c4c(c5ccc(OC)cc5c3O2)-c2ccc(OC)cc2C2COCC42)cc1. The number of anilines is 1. The molecule has 5 aromatic carbocycles. The summed E-state index contributed by atoms with van der Waals surface area (Å²) in [5, 5.41) is 2.15. The third kappa shape index (κ3) is 4.20. The van der Waals surface area contributed by atoms with E-state index in [9.17, 15) is 0 Å². The summed E-state index contributed by atoms with van der Waals surface area (Å²) in [6, 6.07) is 29.6. The van der Waals surface area contributed by atoms with E-state index in [0.717, 1.165) is 56.1 Å². The Morgan fingerprint density at radius 1 is 0.696 bits per heavy atom. The molecule has 1 aliphatic carbocycles. The summed E-state index contributed by atoms with van der Waals surface area (Å²) in [6.07, 6.45) is 4.51. The lowest BCUT2D eigenvalue weighted by molar-refractivity contribution is 0.163. The van der Waals surface area contributed by atoms with Crippen LogP contribution in [0.1, 0.15) is 39.7 Å². The number of nitrogens with zero attached hydrogens (tertiary/aromatic N) is 1. The van der Waals surface area contributed by atoms with Crippen LogP contribution in [0.25, 0.3) is 28.0 Å². The summed E-state index contributed by atoms with van der Waals surface area (Å²) in [4.78, 5) is 2.11. The predicted octanol–water partition coefficient (Wildman–Crippen LogP) is 8.16. The van der Waals surface area contributed by atoms with Gasteiger partial charge in [0.15, 0.2) is 5.60 Å². The van der Waals surface area contributed by atoms with E-state index in [1.807, 2.05) is 18.2 Å². The van der Waals surface area contributed by atoms with Crippen LogP contribution in [-0.2, 0) is 10.3 Å².